The highest BCUT2D eigenvalue weighted by Crippen LogP contribution is 2.24. The fourth-order valence-electron chi connectivity index (χ4n) is 3.13. The minimum Gasteiger partial charge on any atom is -0.508 e. The lowest BCUT2D eigenvalue weighted by Crippen LogP contribution is -2.41. The van der Waals surface area contributed by atoms with Crippen molar-refractivity contribution in [1.82, 2.24) is 10.3 Å². The van der Waals surface area contributed by atoms with Gasteiger partial charge in [-0.05, 0) is 61.3 Å². The lowest BCUT2D eigenvalue weighted by atomic mass is 10.0. The molecule has 25 heavy (non-hydrogen) atoms. The maximum Gasteiger partial charge on any atom is 0.262 e. The second-order valence-corrected chi connectivity index (χ2v) is 6.24. The van der Waals surface area contributed by atoms with E-state index in [2.05, 4.69) is 15.4 Å². The number of carbonyl (C=O) groups excluding carboxylic acids is 1. The van der Waals surface area contributed by atoms with Crippen molar-refractivity contribution < 1.29 is 9.90 Å². The molecule has 0 saturated carbocycles. The molecule has 1 saturated heterocycles. The summed E-state index contributed by atoms with van der Waals surface area (Å²) >= 11 is 0. The van der Waals surface area contributed by atoms with Crippen LogP contribution in [-0.4, -0.2) is 35.2 Å². The smallest absolute Gasteiger partial charge is 0.262 e. The Morgan fingerprint density at radius 1 is 1.04 bits per heavy atom. The summed E-state index contributed by atoms with van der Waals surface area (Å²) in [6, 6.07) is 16.2. The zero-order chi connectivity index (χ0) is 17.5. The zero-order valence-corrected chi connectivity index (χ0v) is 14.1. The molecule has 5 nitrogen and oxygen atoms in total. The molecule has 2 aromatic carbocycles. The number of aromatic hydroxyl groups is 1. The Bertz CT molecular complexity index is 707. The molecule has 2 N–H and O–H groups in total. The first-order valence-corrected chi connectivity index (χ1v) is 8.65. The molecule has 1 amide bonds. The number of piperidine rings is 1. The third kappa shape index (κ3) is 4.67. The third-order valence-corrected chi connectivity index (χ3v) is 4.40. The molecular weight excluding hydrogens is 314 g/mol. The van der Waals surface area contributed by atoms with Gasteiger partial charge in [0.2, 0.25) is 0 Å². The lowest BCUT2D eigenvalue weighted by Gasteiger charge is -2.33. The number of nitrogens with one attached hydrogen (secondary N) is 1. The molecule has 0 unspecified atom stereocenters. The molecule has 130 valence electrons. The minimum absolute atomic E-state index is 0.122. The largest absolute Gasteiger partial charge is 0.508 e. The minimum atomic E-state index is -0.321. The SMILES string of the molecule is O=C(N/N=C\c1ccc(O)cc1)[C@@H](c1ccccc1)N1CCCCC1. The third-order valence-electron chi connectivity index (χ3n) is 4.40. The van der Waals surface area contributed by atoms with E-state index in [0.717, 1.165) is 37.1 Å². The van der Waals surface area contributed by atoms with E-state index in [1.165, 1.54) is 6.42 Å². The molecule has 1 aliphatic rings. The molecule has 1 atom stereocenters. The van der Waals surface area contributed by atoms with Crippen molar-refractivity contribution in [3.8, 4) is 5.75 Å². The van der Waals surface area contributed by atoms with Crippen LogP contribution >= 0.6 is 0 Å². The van der Waals surface area contributed by atoms with E-state index in [1.807, 2.05) is 30.3 Å². The van der Waals surface area contributed by atoms with Gasteiger partial charge in [0.1, 0.15) is 11.8 Å². The van der Waals surface area contributed by atoms with Gasteiger partial charge in [0.25, 0.3) is 5.91 Å². The molecule has 1 heterocycles. The molecule has 3 rings (SSSR count). The Balaban J connectivity index is 1.71. The average Bonchev–Trinajstić information content (AvgIpc) is 2.65. The predicted octanol–water partition coefficient (Wildman–Crippen LogP) is 3.07. The van der Waals surface area contributed by atoms with Crippen LogP contribution in [0.25, 0.3) is 0 Å². The Labute approximate surface area is 148 Å². The van der Waals surface area contributed by atoms with Gasteiger partial charge in [-0.25, -0.2) is 5.43 Å². The number of hydrogen-bond acceptors (Lipinski definition) is 4. The van der Waals surface area contributed by atoms with Gasteiger partial charge in [-0.3, -0.25) is 9.69 Å². The van der Waals surface area contributed by atoms with E-state index < -0.39 is 0 Å². The van der Waals surface area contributed by atoms with Crippen LogP contribution < -0.4 is 5.43 Å². The Kier molecular flexibility index (Phi) is 5.80. The molecule has 5 heteroatoms. The number of phenolic OH excluding ortho intramolecular Hbond substituents is 1. The number of phenols is 1. The van der Waals surface area contributed by atoms with Crippen molar-refractivity contribution in [2.75, 3.05) is 13.1 Å². The van der Waals surface area contributed by atoms with Crippen molar-refractivity contribution >= 4 is 12.1 Å². The number of likely N-dealkylation sites (tertiary alicyclic amines) is 1. The first-order chi connectivity index (χ1) is 12.2. The first-order valence-electron chi connectivity index (χ1n) is 8.65. The fraction of sp³-hybridized carbons (Fsp3) is 0.300. The van der Waals surface area contributed by atoms with Gasteiger partial charge >= 0.3 is 0 Å². The van der Waals surface area contributed by atoms with Crippen LogP contribution in [0.1, 0.15) is 36.4 Å². The van der Waals surface area contributed by atoms with Crippen LogP contribution in [-0.2, 0) is 4.79 Å². The number of hydrazone groups is 1. The number of hydrogen-bond donors (Lipinski definition) is 2. The van der Waals surface area contributed by atoms with E-state index in [0.29, 0.717) is 0 Å². The molecule has 0 aliphatic carbocycles. The van der Waals surface area contributed by atoms with Crippen molar-refractivity contribution in [1.29, 1.82) is 0 Å². The van der Waals surface area contributed by atoms with Gasteiger partial charge in [-0.15, -0.1) is 0 Å². The van der Waals surface area contributed by atoms with E-state index in [4.69, 9.17) is 0 Å². The summed E-state index contributed by atoms with van der Waals surface area (Å²) in [5.74, 6) is 0.0820. The van der Waals surface area contributed by atoms with Gasteiger partial charge in [0.15, 0.2) is 0 Å². The Morgan fingerprint density at radius 3 is 2.40 bits per heavy atom. The average molecular weight is 337 g/mol. The number of amides is 1. The fourth-order valence-corrected chi connectivity index (χ4v) is 3.13. The zero-order valence-electron chi connectivity index (χ0n) is 14.1. The highest BCUT2D eigenvalue weighted by Gasteiger charge is 2.28. The maximum absolute atomic E-state index is 12.8. The number of benzene rings is 2. The molecule has 1 fully saturated rings. The molecule has 1 aliphatic heterocycles. The van der Waals surface area contributed by atoms with Crippen LogP contribution in [0.3, 0.4) is 0 Å². The Morgan fingerprint density at radius 2 is 1.72 bits per heavy atom. The van der Waals surface area contributed by atoms with Crippen LogP contribution in [0, 0.1) is 0 Å². The summed E-state index contributed by atoms with van der Waals surface area (Å²) in [5.41, 5.74) is 4.47. The molecule has 0 spiro atoms. The van der Waals surface area contributed by atoms with Gasteiger partial charge in [-0.1, -0.05) is 36.8 Å². The van der Waals surface area contributed by atoms with Crippen molar-refractivity contribution in [3.63, 3.8) is 0 Å². The highest BCUT2D eigenvalue weighted by molar-refractivity contribution is 5.85. The first kappa shape index (κ1) is 17.2. The van der Waals surface area contributed by atoms with Gasteiger partial charge in [0.05, 0.1) is 6.21 Å². The van der Waals surface area contributed by atoms with Crippen LogP contribution in [0.4, 0.5) is 0 Å². The quantitative estimate of drug-likeness (QED) is 0.651. The van der Waals surface area contributed by atoms with Gasteiger partial charge in [0, 0.05) is 0 Å². The predicted molar refractivity (Wildman–Crippen MR) is 98.5 cm³/mol. The van der Waals surface area contributed by atoms with Gasteiger partial charge in [-0.2, -0.15) is 5.10 Å². The summed E-state index contributed by atoms with van der Waals surface area (Å²) in [4.78, 5) is 15.0. The molecule has 0 radical (unpaired) electrons. The molecule has 0 bridgehead atoms. The van der Waals surface area contributed by atoms with Crippen molar-refractivity contribution in [2.45, 2.75) is 25.3 Å². The highest BCUT2D eigenvalue weighted by atomic mass is 16.3. The van der Waals surface area contributed by atoms with Gasteiger partial charge < -0.3 is 5.11 Å². The molecular formula is C20H23N3O2. The second-order valence-electron chi connectivity index (χ2n) is 6.24. The number of carbonyl (C=O) groups is 1. The summed E-state index contributed by atoms with van der Waals surface area (Å²) in [6.07, 6.45) is 5.04. The van der Waals surface area contributed by atoms with E-state index >= 15 is 0 Å². The van der Waals surface area contributed by atoms with E-state index in [9.17, 15) is 9.90 Å². The topological polar surface area (TPSA) is 64.9 Å². The standard InChI is InChI=1S/C20H23N3O2/c24-18-11-9-16(10-12-18)15-21-22-20(25)19(17-7-3-1-4-8-17)23-13-5-2-6-14-23/h1,3-4,7-12,15,19,24H,2,5-6,13-14H2,(H,22,25)/b21-15-/t19-/m1/s1. The summed E-state index contributed by atoms with van der Waals surface area (Å²) in [6.45, 7) is 1.85. The summed E-state index contributed by atoms with van der Waals surface area (Å²) < 4.78 is 0. The normalized spacial score (nSPS) is 16.6. The lowest BCUT2D eigenvalue weighted by molar-refractivity contribution is -0.127. The molecule has 0 aromatic heterocycles. The van der Waals surface area contributed by atoms with Crippen LogP contribution in [0.5, 0.6) is 5.75 Å². The van der Waals surface area contributed by atoms with Crippen molar-refractivity contribution in [3.05, 3.63) is 65.7 Å². The van der Waals surface area contributed by atoms with E-state index in [1.54, 1.807) is 30.5 Å². The summed E-state index contributed by atoms with van der Waals surface area (Å²) in [7, 11) is 0. The van der Waals surface area contributed by atoms with Crippen LogP contribution in [0.15, 0.2) is 59.7 Å². The number of rotatable bonds is 5. The molecule has 2 aromatic rings. The Hall–Kier alpha value is -2.66. The number of nitrogens with zero attached hydrogens (tertiary/aromatic N) is 2. The van der Waals surface area contributed by atoms with Crippen LogP contribution in [0.2, 0.25) is 0 Å². The van der Waals surface area contributed by atoms with E-state index in [-0.39, 0.29) is 17.7 Å². The second kappa shape index (κ2) is 8.44. The van der Waals surface area contributed by atoms with Crippen molar-refractivity contribution in [2.24, 2.45) is 5.10 Å². The summed E-state index contributed by atoms with van der Waals surface area (Å²) in [5, 5.41) is 13.4. The maximum atomic E-state index is 12.8. The monoisotopic (exact) mass is 337 g/mol.